The van der Waals surface area contributed by atoms with Crippen LogP contribution in [0.3, 0.4) is 0 Å². The number of dihydropyridines is 1. The summed E-state index contributed by atoms with van der Waals surface area (Å²) in [7, 11) is 0. The third kappa shape index (κ3) is 4.04. The van der Waals surface area contributed by atoms with E-state index in [1.807, 2.05) is 60.8 Å². The second-order valence-corrected chi connectivity index (χ2v) is 11.8. The molecule has 9 rings (SSSR count). The normalized spacial score (nSPS) is 14.7. The van der Waals surface area contributed by atoms with Crippen molar-refractivity contribution in [3.05, 3.63) is 169 Å². The molecule has 0 radical (unpaired) electrons. The van der Waals surface area contributed by atoms with Crippen LogP contribution >= 0.6 is 0 Å². The molecule has 0 bridgehead atoms. The lowest BCUT2D eigenvalue weighted by atomic mass is 9.82. The number of benzene rings is 6. The molecule has 218 valence electrons. The van der Waals surface area contributed by atoms with Gasteiger partial charge in [0, 0.05) is 17.5 Å². The Bertz CT molecular complexity index is 2290. The molecule has 2 nitrogen and oxygen atoms in total. The van der Waals surface area contributed by atoms with Gasteiger partial charge in [-0.15, -0.1) is 0 Å². The summed E-state index contributed by atoms with van der Waals surface area (Å²) in [5, 5.41) is 8.15. The van der Waals surface area contributed by atoms with Crippen molar-refractivity contribution in [2.45, 2.75) is 6.04 Å². The number of aromatic nitrogens is 1. The molecular formula is C42H26F2N2. The van der Waals surface area contributed by atoms with E-state index in [9.17, 15) is 8.78 Å². The molecule has 2 heterocycles. The molecule has 0 saturated carbocycles. The van der Waals surface area contributed by atoms with Gasteiger partial charge in [0.25, 0.3) is 0 Å². The van der Waals surface area contributed by atoms with Crippen molar-refractivity contribution in [2.24, 2.45) is 0 Å². The van der Waals surface area contributed by atoms with E-state index in [4.69, 9.17) is 0 Å². The van der Waals surface area contributed by atoms with Crippen LogP contribution in [0.25, 0.3) is 71.7 Å². The molecule has 1 aliphatic carbocycles. The van der Waals surface area contributed by atoms with Gasteiger partial charge in [-0.3, -0.25) is 4.98 Å². The van der Waals surface area contributed by atoms with Crippen molar-refractivity contribution in [3.8, 4) is 44.5 Å². The number of pyridine rings is 1. The zero-order valence-electron chi connectivity index (χ0n) is 24.6. The number of rotatable bonds is 4. The molecule has 46 heavy (non-hydrogen) atoms. The fourth-order valence-corrected chi connectivity index (χ4v) is 7.29. The van der Waals surface area contributed by atoms with E-state index in [-0.39, 0.29) is 17.7 Å². The van der Waals surface area contributed by atoms with Gasteiger partial charge in [0.1, 0.15) is 11.6 Å². The Balaban J connectivity index is 1.34. The first kappa shape index (κ1) is 26.5. The number of hydrogen-bond acceptors (Lipinski definition) is 2. The molecule has 7 aromatic rings. The summed E-state index contributed by atoms with van der Waals surface area (Å²) in [6.07, 6.45) is 8.15. The zero-order chi connectivity index (χ0) is 30.8. The van der Waals surface area contributed by atoms with Crippen LogP contribution in [0.5, 0.6) is 0 Å². The molecule has 1 N–H and O–H groups in total. The van der Waals surface area contributed by atoms with Gasteiger partial charge in [-0.05, 0) is 109 Å². The van der Waals surface area contributed by atoms with Crippen molar-refractivity contribution < 1.29 is 8.78 Å². The molecule has 0 saturated heterocycles. The van der Waals surface area contributed by atoms with Crippen molar-refractivity contribution in [1.29, 1.82) is 0 Å². The molecule has 1 aliphatic heterocycles. The topological polar surface area (TPSA) is 24.9 Å². The Morgan fingerprint density at radius 2 is 1.11 bits per heavy atom. The summed E-state index contributed by atoms with van der Waals surface area (Å²) < 4.78 is 28.4. The van der Waals surface area contributed by atoms with Crippen LogP contribution in [0.4, 0.5) is 8.78 Å². The molecule has 4 heteroatoms. The molecule has 0 spiro atoms. The average molecular weight is 597 g/mol. The van der Waals surface area contributed by atoms with Gasteiger partial charge in [-0.1, -0.05) is 97.1 Å². The predicted molar refractivity (Wildman–Crippen MR) is 184 cm³/mol. The Labute approximate surface area is 265 Å². The van der Waals surface area contributed by atoms with Gasteiger partial charge >= 0.3 is 0 Å². The first-order valence-corrected chi connectivity index (χ1v) is 15.4. The van der Waals surface area contributed by atoms with Gasteiger partial charge in [0.15, 0.2) is 0 Å². The minimum atomic E-state index is -0.269. The van der Waals surface area contributed by atoms with E-state index in [2.05, 4.69) is 71.0 Å². The average Bonchev–Trinajstić information content (AvgIpc) is 3.44. The summed E-state index contributed by atoms with van der Waals surface area (Å²) in [4.78, 5) is 4.58. The second-order valence-electron chi connectivity index (χ2n) is 11.8. The Morgan fingerprint density at radius 3 is 1.74 bits per heavy atom. The molecule has 1 aromatic heterocycles. The number of nitrogens with zero attached hydrogens (tertiary/aromatic N) is 1. The molecule has 2 aliphatic rings. The van der Waals surface area contributed by atoms with Gasteiger partial charge in [-0.25, -0.2) is 8.78 Å². The number of halogens is 2. The lowest BCUT2D eigenvalue weighted by Crippen LogP contribution is -2.21. The van der Waals surface area contributed by atoms with Crippen molar-refractivity contribution in [3.63, 3.8) is 0 Å². The molecule has 1 unspecified atom stereocenters. The molecule has 0 fully saturated rings. The van der Waals surface area contributed by atoms with E-state index in [1.165, 1.54) is 29.7 Å². The van der Waals surface area contributed by atoms with E-state index in [0.29, 0.717) is 0 Å². The SMILES string of the molecule is Fc1ccc(-c2c3c(c(-c4ccc(F)cc4)c4ccccc24)-c2ccc(C4=CC=CC(c5ccccn5)N4)c4cccc-3c24)cc1. The lowest BCUT2D eigenvalue weighted by Gasteiger charge is -2.23. The highest BCUT2D eigenvalue weighted by atomic mass is 19.1. The summed E-state index contributed by atoms with van der Waals surface area (Å²) in [6, 6.07) is 38.8. The molecule has 1 atom stereocenters. The number of fused-ring (bicyclic) bond motifs is 4. The fourth-order valence-electron chi connectivity index (χ4n) is 7.29. The Kier molecular flexibility index (Phi) is 5.97. The van der Waals surface area contributed by atoms with Gasteiger partial charge in [0.2, 0.25) is 0 Å². The quantitative estimate of drug-likeness (QED) is 0.219. The van der Waals surface area contributed by atoms with E-state index < -0.39 is 0 Å². The smallest absolute Gasteiger partial charge is 0.123 e. The highest BCUT2D eigenvalue weighted by Crippen LogP contribution is 2.58. The van der Waals surface area contributed by atoms with Gasteiger partial charge in [0.05, 0.1) is 11.7 Å². The Morgan fingerprint density at radius 1 is 0.522 bits per heavy atom. The van der Waals surface area contributed by atoms with E-state index in [1.54, 1.807) is 0 Å². The van der Waals surface area contributed by atoms with Crippen LogP contribution < -0.4 is 5.32 Å². The van der Waals surface area contributed by atoms with Crippen molar-refractivity contribution in [1.82, 2.24) is 10.3 Å². The zero-order valence-corrected chi connectivity index (χ0v) is 24.6. The van der Waals surface area contributed by atoms with Crippen LogP contribution in [0.1, 0.15) is 17.3 Å². The van der Waals surface area contributed by atoms with E-state index >= 15 is 0 Å². The summed E-state index contributed by atoms with van der Waals surface area (Å²) >= 11 is 0. The predicted octanol–water partition coefficient (Wildman–Crippen LogP) is 10.9. The van der Waals surface area contributed by atoms with E-state index in [0.717, 1.165) is 77.6 Å². The maximum absolute atomic E-state index is 14.2. The minimum Gasteiger partial charge on any atom is -0.373 e. The third-order valence-electron chi connectivity index (χ3n) is 9.23. The third-order valence-corrected chi connectivity index (χ3v) is 9.23. The van der Waals surface area contributed by atoms with Crippen LogP contribution in [0.2, 0.25) is 0 Å². The summed E-state index contributed by atoms with van der Waals surface area (Å²) in [5.41, 5.74) is 11.6. The second kappa shape index (κ2) is 10.4. The van der Waals surface area contributed by atoms with Crippen LogP contribution in [0.15, 0.2) is 146 Å². The lowest BCUT2D eigenvalue weighted by molar-refractivity contribution is 0.627. The molecular weight excluding hydrogens is 570 g/mol. The van der Waals surface area contributed by atoms with Crippen LogP contribution in [0, 0.1) is 11.6 Å². The first-order valence-electron chi connectivity index (χ1n) is 15.4. The van der Waals surface area contributed by atoms with Crippen LogP contribution in [-0.2, 0) is 0 Å². The maximum atomic E-state index is 14.2. The largest absolute Gasteiger partial charge is 0.373 e. The standard InChI is InChI=1S/C42H26F2N2/c43-27-18-14-25(15-19-27)38-31-7-1-2-8-32(31)39(26-16-20-28(44)21-17-26)42-34-23-22-29(30-9-5-10-33(40(30)34)41(38)42)35-12-6-13-37(46-35)36-11-3-4-24-45-36/h1-24,37,46H. The fraction of sp³-hybridized carbons (Fsp3) is 0.0238. The Hall–Kier alpha value is -5.87. The minimum absolute atomic E-state index is 0.0399. The highest BCUT2D eigenvalue weighted by Gasteiger charge is 2.31. The summed E-state index contributed by atoms with van der Waals surface area (Å²) in [5.74, 6) is -0.539. The molecule has 0 amide bonds. The van der Waals surface area contributed by atoms with Crippen molar-refractivity contribution >= 4 is 27.2 Å². The molecule has 6 aromatic carbocycles. The highest BCUT2D eigenvalue weighted by molar-refractivity contribution is 6.28. The number of hydrogen-bond donors (Lipinski definition) is 1. The number of nitrogens with one attached hydrogen (secondary N) is 1. The number of allylic oxidation sites excluding steroid dienone is 2. The first-order chi connectivity index (χ1) is 22.7. The van der Waals surface area contributed by atoms with Crippen LogP contribution in [-0.4, -0.2) is 4.98 Å². The monoisotopic (exact) mass is 596 g/mol. The van der Waals surface area contributed by atoms with Gasteiger partial charge < -0.3 is 5.32 Å². The van der Waals surface area contributed by atoms with Crippen molar-refractivity contribution in [2.75, 3.05) is 0 Å². The van der Waals surface area contributed by atoms with Gasteiger partial charge in [-0.2, -0.15) is 0 Å². The summed E-state index contributed by atoms with van der Waals surface area (Å²) in [6.45, 7) is 0. The maximum Gasteiger partial charge on any atom is 0.123 e.